The highest BCUT2D eigenvalue weighted by molar-refractivity contribution is 5.83. The molecule has 0 unspecified atom stereocenters. The van der Waals surface area contributed by atoms with Crippen molar-refractivity contribution in [3.05, 3.63) is 65.6 Å². The van der Waals surface area contributed by atoms with Gasteiger partial charge in [-0.2, -0.15) is 0 Å². The number of halogens is 1. The Kier molecular flexibility index (Phi) is 6.30. The predicted molar refractivity (Wildman–Crippen MR) is 108 cm³/mol. The highest BCUT2D eigenvalue weighted by atomic mass is 19.1. The van der Waals surface area contributed by atoms with Crippen LogP contribution in [-0.4, -0.2) is 31.1 Å². The van der Waals surface area contributed by atoms with Gasteiger partial charge in [-0.05, 0) is 54.8 Å². The average molecular weight is 368 g/mol. The molecule has 0 spiro atoms. The summed E-state index contributed by atoms with van der Waals surface area (Å²) in [5.41, 5.74) is 3.12. The zero-order valence-corrected chi connectivity index (χ0v) is 15.7. The first-order valence-corrected chi connectivity index (χ1v) is 9.10. The first kappa shape index (κ1) is 18.8. The van der Waals surface area contributed by atoms with E-state index in [1.807, 2.05) is 37.4 Å². The Balaban J connectivity index is 1.61. The van der Waals surface area contributed by atoms with Gasteiger partial charge in [-0.1, -0.05) is 12.1 Å². The standard InChI is InChI=1S/C21H25FN4O/c1-3-23-21(26-13-15-5-4-6-18(11-15)27-2)24-10-9-16-14-25-20-8-7-17(22)12-19(16)20/h4-8,11-12,14,25H,3,9-10,13H2,1-2H3,(H2,23,24,26). The second kappa shape index (κ2) is 9.07. The van der Waals surface area contributed by atoms with Crippen LogP contribution in [-0.2, 0) is 13.0 Å². The number of fused-ring (bicyclic) bond motifs is 1. The second-order valence-corrected chi connectivity index (χ2v) is 6.23. The van der Waals surface area contributed by atoms with E-state index in [1.165, 1.54) is 6.07 Å². The van der Waals surface area contributed by atoms with Gasteiger partial charge in [0.05, 0.1) is 13.7 Å². The zero-order chi connectivity index (χ0) is 19.1. The summed E-state index contributed by atoms with van der Waals surface area (Å²) < 4.78 is 18.7. The largest absolute Gasteiger partial charge is 0.497 e. The van der Waals surface area contributed by atoms with Gasteiger partial charge < -0.3 is 20.4 Å². The third kappa shape index (κ3) is 5.00. The molecule has 0 aliphatic heterocycles. The molecule has 1 heterocycles. The van der Waals surface area contributed by atoms with Gasteiger partial charge >= 0.3 is 0 Å². The van der Waals surface area contributed by atoms with Crippen molar-refractivity contribution in [2.75, 3.05) is 20.2 Å². The fraction of sp³-hybridized carbons (Fsp3) is 0.286. The molecule has 142 valence electrons. The summed E-state index contributed by atoms with van der Waals surface area (Å²) in [4.78, 5) is 7.81. The normalized spacial score (nSPS) is 11.6. The number of aromatic nitrogens is 1. The van der Waals surface area contributed by atoms with Gasteiger partial charge in [0.25, 0.3) is 0 Å². The fourth-order valence-electron chi connectivity index (χ4n) is 2.96. The number of rotatable bonds is 7. The third-order valence-corrected chi connectivity index (χ3v) is 4.31. The molecule has 3 aromatic rings. The zero-order valence-electron chi connectivity index (χ0n) is 15.7. The van der Waals surface area contributed by atoms with Crippen molar-refractivity contribution < 1.29 is 9.13 Å². The van der Waals surface area contributed by atoms with Gasteiger partial charge in [-0.15, -0.1) is 0 Å². The number of benzene rings is 2. The number of aromatic amines is 1. The van der Waals surface area contributed by atoms with Crippen molar-refractivity contribution >= 4 is 16.9 Å². The van der Waals surface area contributed by atoms with Crippen LogP contribution >= 0.6 is 0 Å². The van der Waals surface area contributed by atoms with E-state index in [4.69, 9.17) is 4.74 Å². The maximum Gasteiger partial charge on any atom is 0.191 e. The van der Waals surface area contributed by atoms with Crippen molar-refractivity contribution in [1.29, 1.82) is 0 Å². The van der Waals surface area contributed by atoms with E-state index in [9.17, 15) is 4.39 Å². The Morgan fingerprint density at radius 2 is 2.07 bits per heavy atom. The Morgan fingerprint density at radius 1 is 1.19 bits per heavy atom. The second-order valence-electron chi connectivity index (χ2n) is 6.23. The summed E-state index contributed by atoms with van der Waals surface area (Å²) in [6, 6.07) is 12.7. The van der Waals surface area contributed by atoms with Gasteiger partial charge in [0, 0.05) is 30.2 Å². The number of methoxy groups -OCH3 is 1. The number of hydrogen-bond donors (Lipinski definition) is 3. The summed E-state index contributed by atoms with van der Waals surface area (Å²) in [5, 5.41) is 7.51. The van der Waals surface area contributed by atoms with Crippen LogP contribution in [0.5, 0.6) is 5.75 Å². The molecule has 1 aromatic heterocycles. The highest BCUT2D eigenvalue weighted by Gasteiger charge is 2.05. The van der Waals surface area contributed by atoms with Crippen LogP contribution in [0.15, 0.2) is 53.7 Å². The molecule has 6 heteroatoms. The molecule has 0 aliphatic rings. The topological polar surface area (TPSA) is 61.4 Å². The van der Waals surface area contributed by atoms with E-state index in [0.717, 1.165) is 46.7 Å². The number of guanidine groups is 1. The molecule has 3 rings (SSSR count). The van der Waals surface area contributed by atoms with Gasteiger partial charge in [0.1, 0.15) is 11.6 Å². The van der Waals surface area contributed by atoms with Crippen LogP contribution in [0.3, 0.4) is 0 Å². The molecule has 0 saturated carbocycles. The van der Waals surface area contributed by atoms with Crippen LogP contribution in [0.4, 0.5) is 4.39 Å². The van der Waals surface area contributed by atoms with Gasteiger partial charge in [0.2, 0.25) is 0 Å². The molecule has 0 amide bonds. The molecule has 2 aromatic carbocycles. The molecule has 0 radical (unpaired) electrons. The molecular weight excluding hydrogens is 343 g/mol. The number of hydrogen-bond acceptors (Lipinski definition) is 2. The molecule has 5 nitrogen and oxygen atoms in total. The molecule has 0 atom stereocenters. The molecule has 27 heavy (non-hydrogen) atoms. The van der Waals surface area contributed by atoms with Crippen molar-refractivity contribution in [2.24, 2.45) is 4.99 Å². The summed E-state index contributed by atoms with van der Waals surface area (Å²) in [6.07, 6.45) is 2.71. The molecule has 0 aliphatic carbocycles. The lowest BCUT2D eigenvalue weighted by molar-refractivity contribution is 0.414. The van der Waals surface area contributed by atoms with Crippen LogP contribution < -0.4 is 15.4 Å². The first-order valence-electron chi connectivity index (χ1n) is 9.10. The maximum atomic E-state index is 13.5. The average Bonchev–Trinajstić information content (AvgIpc) is 3.08. The van der Waals surface area contributed by atoms with Crippen LogP contribution in [0.2, 0.25) is 0 Å². The smallest absolute Gasteiger partial charge is 0.191 e. The van der Waals surface area contributed by atoms with Crippen LogP contribution in [0.1, 0.15) is 18.1 Å². The molecule has 0 bridgehead atoms. The predicted octanol–water partition coefficient (Wildman–Crippen LogP) is 3.61. The third-order valence-electron chi connectivity index (χ3n) is 4.31. The van der Waals surface area contributed by atoms with E-state index in [2.05, 4.69) is 20.6 Å². The summed E-state index contributed by atoms with van der Waals surface area (Å²) >= 11 is 0. The maximum absolute atomic E-state index is 13.5. The minimum atomic E-state index is -0.218. The molecular formula is C21H25FN4O. The van der Waals surface area contributed by atoms with E-state index < -0.39 is 0 Å². The Morgan fingerprint density at radius 3 is 2.89 bits per heavy atom. The van der Waals surface area contributed by atoms with E-state index in [1.54, 1.807) is 19.2 Å². The van der Waals surface area contributed by atoms with Gasteiger partial charge in [-0.25, -0.2) is 9.38 Å². The lowest BCUT2D eigenvalue weighted by atomic mass is 10.1. The van der Waals surface area contributed by atoms with Crippen LogP contribution in [0.25, 0.3) is 10.9 Å². The number of nitrogens with one attached hydrogen (secondary N) is 3. The Labute approximate surface area is 158 Å². The summed E-state index contributed by atoms with van der Waals surface area (Å²) in [6.45, 7) is 4.08. The van der Waals surface area contributed by atoms with Crippen molar-refractivity contribution in [1.82, 2.24) is 15.6 Å². The highest BCUT2D eigenvalue weighted by Crippen LogP contribution is 2.19. The van der Waals surface area contributed by atoms with Gasteiger partial charge in [-0.3, -0.25) is 0 Å². The van der Waals surface area contributed by atoms with E-state index in [-0.39, 0.29) is 5.82 Å². The quantitative estimate of drug-likeness (QED) is 0.441. The summed E-state index contributed by atoms with van der Waals surface area (Å²) in [7, 11) is 1.66. The van der Waals surface area contributed by atoms with Crippen LogP contribution in [0, 0.1) is 5.82 Å². The lowest BCUT2D eigenvalue weighted by Gasteiger charge is -2.11. The molecule has 3 N–H and O–H groups in total. The van der Waals surface area contributed by atoms with Gasteiger partial charge in [0.15, 0.2) is 5.96 Å². The molecule has 0 fully saturated rings. The Bertz CT molecular complexity index is 919. The molecule has 0 saturated heterocycles. The minimum absolute atomic E-state index is 0.218. The number of H-pyrrole nitrogens is 1. The Hall–Kier alpha value is -3.02. The SMILES string of the molecule is CCNC(=NCc1cccc(OC)c1)NCCc1c[nH]c2ccc(F)cc12. The fourth-order valence-corrected chi connectivity index (χ4v) is 2.96. The van der Waals surface area contributed by atoms with Crippen molar-refractivity contribution in [2.45, 2.75) is 19.9 Å². The van der Waals surface area contributed by atoms with Crippen molar-refractivity contribution in [3.63, 3.8) is 0 Å². The number of nitrogens with zero attached hydrogens (tertiary/aromatic N) is 1. The van der Waals surface area contributed by atoms with E-state index in [0.29, 0.717) is 13.1 Å². The van der Waals surface area contributed by atoms with E-state index >= 15 is 0 Å². The summed E-state index contributed by atoms with van der Waals surface area (Å²) in [5.74, 6) is 1.36. The first-order chi connectivity index (χ1) is 13.2. The number of ether oxygens (including phenoxy) is 1. The lowest BCUT2D eigenvalue weighted by Crippen LogP contribution is -2.38. The number of aliphatic imine (C=N–C) groups is 1. The monoisotopic (exact) mass is 368 g/mol. The van der Waals surface area contributed by atoms with Crippen molar-refractivity contribution in [3.8, 4) is 5.75 Å². The minimum Gasteiger partial charge on any atom is -0.497 e.